The van der Waals surface area contributed by atoms with Gasteiger partial charge in [0.2, 0.25) is 0 Å². The first-order valence-electron chi connectivity index (χ1n) is 23.8. The predicted octanol–water partition coefficient (Wildman–Crippen LogP) is 3.99. The Morgan fingerprint density at radius 2 is 0.930 bits per heavy atom. The molecule has 0 unspecified atom stereocenters. The Morgan fingerprint density at radius 1 is 0.479 bits per heavy atom. The molecule has 2 aliphatic heterocycles. The lowest BCUT2D eigenvalue weighted by atomic mass is 9.91. The van der Waals surface area contributed by atoms with E-state index in [9.17, 15) is 40.9 Å². The zero-order valence-corrected chi connectivity index (χ0v) is 39.7. The van der Waals surface area contributed by atoms with Crippen molar-refractivity contribution in [3.05, 3.63) is 167 Å². The fourth-order valence-corrected chi connectivity index (χ4v) is 9.23. The lowest BCUT2D eigenvalue weighted by Gasteiger charge is -2.40. The van der Waals surface area contributed by atoms with Crippen molar-refractivity contribution in [3.63, 3.8) is 0 Å². The Balaban J connectivity index is 0.000000194. The minimum atomic E-state index is -1.43. The van der Waals surface area contributed by atoms with Gasteiger partial charge >= 0.3 is 0 Å². The SMILES string of the molecule is Cc1ccc2c(c1)c([C@@H]1O[C@H](CO)[C@@H](O)[C@H](O)[C@H]1O)cn2Cc1ccc(OCCO)cc1.Cc1ccc2c(c1)c([C@@H]1O[C@H](CO)[C@@H](O)[C@H](O)[C@H]1O)cn2Cc1ccc(OCCOCc2ccccc2)cc1. The van der Waals surface area contributed by atoms with Crippen LogP contribution in [-0.4, -0.2) is 144 Å². The van der Waals surface area contributed by atoms with Crippen LogP contribution < -0.4 is 9.47 Å². The average molecular weight is 977 g/mol. The smallest absolute Gasteiger partial charge is 0.119 e. The molecule has 16 nitrogen and oxygen atoms in total. The Kier molecular flexibility index (Phi) is 17.2. The molecule has 9 N–H and O–H groups in total. The lowest BCUT2D eigenvalue weighted by Crippen LogP contribution is -2.55. The third kappa shape index (κ3) is 12.0. The van der Waals surface area contributed by atoms with Gasteiger partial charge in [0.1, 0.15) is 85.8 Å². The first kappa shape index (κ1) is 51.6. The summed E-state index contributed by atoms with van der Waals surface area (Å²) in [6.07, 6.45) is -8.26. The number of aromatic nitrogens is 2. The van der Waals surface area contributed by atoms with Crippen molar-refractivity contribution in [2.24, 2.45) is 0 Å². The maximum atomic E-state index is 10.7. The fraction of sp³-hybridized carbons (Fsp3) is 0.382. The molecule has 378 valence electrons. The van der Waals surface area contributed by atoms with E-state index in [0.717, 1.165) is 55.4 Å². The number of rotatable bonds is 17. The van der Waals surface area contributed by atoms with Crippen molar-refractivity contribution in [1.29, 1.82) is 0 Å². The Labute approximate surface area is 411 Å². The molecule has 16 heteroatoms. The highest BCUT2D eigenvalue weighted by atomic mass is 16.6. The van der Waals surface area contributed by atoms with Gasteiger partial charge in [0, 0.05) is 58.4 Å². The molecule has 2 fully saturated rings. The highest BCUT2D eigenvalue weighted by Crippen LogP contribution is 2.39. The first-order chi connectivity index (χ1) is 34.4. The molecule has 0 bridgehead atoms. The minimum absolute atomic E-state index is 0.0444. The van der Waals surface area contributed by atoms with Crippen LogP contribution in [0.3, 0.4) is 0 Å². The molecule has 0 amide bonds. The first-order valence-corrected chi connectivity index (χ1v) is 23.8. The molecule has 5 aromatic carbocycles. The summed E-state index contributed by atoms with van der Waals surface area (Å²) in [5.74, 6) is 1.44. The zero-order chi connectivity index (χ0) is 50.2. The third-order valence-electron chi connectivity index (χ3n) is 13.1. The number of fused-ring (bicyclic) bond motifs is 2. The summed E-state index contributed by atoms with van der Waals surface area (Å²) in [7, 11) is 0. The Hall–Kier alpha value is -5.70. The fourth-order valence-electron chi connectivity index (χ4n) is 9.23. The molecule has 0 radical (unpaired) electrons. The molecule has 2 aromatic heterocycles. The van der Waals surface area contributed by atoms with E-state index in [1.165, 1.54) is 0 Å². The predicted molar refractivity (Wildman–Crippen MR) is 264 cm³/mol. The van der Waals surface area contributed by atoms with E-state index in [2.05, 4.69) is 4.57 Å². The van der Waals surface area contributed by atoms with Gasteiger partial charge in [0.15, 0.2) is 0 Å². The largest absolute Gasteiger partial charge is 0.491 e. The molecule has 7 aromatic rings. The number of hydrogen-bond acceptors (Lipinski definition) is 14. The normalized spacial score (nSPS) is 24.4. The van der Waals surface area contributed by atoms with E-state index in [-0.39, 0.29) is 13.2 Å². The molecular weight excluding hydrogens is 913 g/mol. The Bertz CT molecular complexity index is 2780. The molecule has 2 aliphatic rings. The van der Waals surface area contributed by atoms with Gasteiger partial charge in [0.05, 0.1) is 33.0 Å². The van der Waals surface area contributed by atoms with E-state index in [1.54, 1.807) is 0 Å². The van der Waals surface area contributed by atoms with Crippen molar-refractivity contribution in [1.82, 2.24) is 9.13 Å². The van der Waals surface area contributed by atoms with Gasteiger partial charge in [-0.15, -0.1) is 0 Å². The summed E-state index contributed by atoms with van der Waals surface area (Å²) in [5, 5.41) is 92.2. The van der Waals surface area contributed by atoms with Crippen LogP contribution in [0, 0.1) is 13.8 Å². The molecule has 71 heavy (non-hydrogen) atoms. The van der Waals surface area contributed by atoms with Crippen LogP contribution in [0.2, 0.25) is 0 Å². The highest BCUT2D eigenvalue weighted by molar-refractivity contribution is 5.86. The van der Waals surface area contributed by atoms with Gasteiger partial charge in [-0.1, -0.05) is 77.9 Å². The third-order valence-corrected chi connectivity index (χ3v) is 13.1. The summed E-state index contributed by atoms with van der Waals surface area (Å²) in [5.41, 5.74) is 8.55. The van der Waals surface area contributed by atoms with Crippen LogP contribution in [0.15, 0.2) is 128 Å². The lowest BCUT2D eigenvalue weighted by molar-refractivity contribution is -0.231. The van der Waals surface area contributed by atoms with Crippen LogP contribution in [-0.2, 0) is 33.9 Å². The molecule has 10 atom stereocenters. The minimum Gasteiger partial charge on any atom is -0.491 e. The summed E-state index contributed by atoms with van der Waals surface area (Å²) in [6, 6.07) is 37.5. The molecule has 2 saturated heterocycles. The van der Waals surface area contributed by atoms with Gasteiger partial charge < -0.3 is 78.8 Å². The van der Waals surface area contributed by atoms with Crippen LogP contribution in [0.25, 0.3) is 21.8 Å². The number of benzene rings is 5. The number of ether oxygens (including phenoxy) is 5. The van der Waals surface area contributed by atoms with E-state index in [1.807, 2.05) is 146 Å². The van der Waals surface area contributed by atoms with Crippen LogP contribution in [0.5, 0.6) is 11.5 Å². The van der Waals surface area contributed by atoms with E-state index in [0.29, 0.717) is 49.8 Å². The standard InChI is InChI=1S/C31H35NO7.C24H29NO7/c1-20-7-12-26-24(15-20)25(31-30(36)29(35)28(34)27(18-33)39-31)17-32(26)16-21-8-10-23(11-9-21)38-14-13-37-19-22-5-3-2-4-6-22;1-14-2-7-19-17(10-14)18(24-23(30)22(29)21(28)20(13-27)32-24)12-25(19)11-15-3-5-16(6-4-15)31-9-8-26/h2-12,15,17,27-31,33-36H,13-14,16,18-19H2,1H3;2-7,10,12,20-24,26-30H,8-9,11,13H2,1H3/t27-,28-,29+,30-,31+;20-,21-,22+,23-,24+/m11/s1. The van der Waals surface area contributed by atoms with E-state index >= 15 is 0 Å². The summed E-state index contributed by atoms with van der Waals surface area (Å²) in [6.45, 7) is 5.84. The van der Waals surface area contributed by atoms with E-state index < -0.39 is 74.3 Å². The molecular formula is C55H64N2O14. The van der Waals surface area contributed by atoms with Gasteiger partial charge in [-0.2, -0.15) is 0 Å². The topological polar surface area (TPSA) is 238 Å². The zero-order valence-electron chi connectivity index (χ0n) is 39.7. The second kappa shape index (κ2) is 23.7. The molecule has 0 spiro atoms. The second-order valence-corrected chi connectivity index (χ2v) is 18.2. The van der Waals surface area contributed by atoms with Gasteiger partial charge in [-0.3, -0.25) is 0 Å². The van der Waals surface area contributed by atoms with Crippen molar-refractivity contribution in [3.8, 4) is 11.5 Å². The van der Waals surface area contributed by atoms with Crippen LogP contribution >= 0.6 is 0 Å². The summed E-state index contributed by atoms with van der Waals surface area (Å²) < 4.78 is 32.7. The van der Waals surface area contributed by atoms with Crippen molar-refractivity contribution < 1.29 is 69.6 Å². The average Bonchev–Trinajstić information content (AvgIpc) is 3.91. The highest BCUT2D eigenvalue weighted by Gasteiger charge is 2.46. The van der Waals surface area contributed by atoms with Crippen molar-refractivity contribution in [2.45, 2.75) is 94.6 Å². The number of aliphatic hydroxyl groups excluding tert-OH is 9. The monoisotopic (exact) mass is 976 g/mol. The van der Waals surface area contributed by atoms with Crippen LogP contribution in [0.1, 0.15) is 51.2 Å². The molecule has 4 heterocycles. The summed E-state index contributed by atoms with van der Waals surface area (Å²) >= 11 is 0. The quantitative estimate of drug-likeness (QED) is 0.0587. The maximum absolute atomic E-state index is 10.7. The number of nitrogens with zero attached hydrogens (tertiary/aromatic N) is 2. The second-order valence-electron chi connectivity index (χ2n) is 18.2. The molecule has 9 rings (SSSR count). The van der Waals surface area contributed by atoms with E-state index in [4.69, 9.17) is 28.8 Å². The summed E-state index contributed by atoms with van der Waals surface area (Å²) in [4.78, 5) is 0. The van der Waals surface area contributed by atoms with Crippen LogP contribution in [0.4, 0.5) is 0 Å². The van der Waals surface area contributed by atoms with Gasteiger partial charge in [-0.25, -0.2) is 0 Å². The maximum Gasteiger partial charge on any atom is 0.119 e. The molecule has 0 aliphatic carbocycles. The number of aliphatic hydroxyl groups is 9. The molecule has 0 saturated carbocycles. The van der Waals surface area contributed by atoms with Crippen molar-refractivity contribution >= 4 is 21.8 Å². The Morgan fingerprint density at radius 3 is 1.37 bits per heavy atom. The number of aryl methyl sites for hydroxylation is 2. The van der Waals surface area contributed by atoms with Crippen molar-refractivity contribution in [2.75, 3.05) is 39.6 Å². The van der Waals surface area contributed by atoms with Gasteiger partial charge in [0.25, 0.3) is 0 Å². The number of hydrogen-bond donors (Lipinski definition) is 9. The van der Waals surface area contributed by atoms with Gasteiger partial charge in [-0.05, 0) is 79.1 Å².